The van der Waals surface area contributed by atoms with Gasteiger partial charge in [-0.15, -0.1) is 9.24 Å². The Morgan fingerprint density at radius 2 is 2.19 bits per heavy atom. The predicted octanol–water partition coefficient (Wildman–Crippen LogP) is 1.62. The van der Waals surface area contributed by atoms with E-state index in [9.17, 15) is 14.7 Å². The quantitative estimate of drug-likeness (QED) is 0.581. The van der Waals surface area contributed by atoms with Crippen LogP contribution in [0, 0.1) is 12.7 Å². The minimum atomic E-state index is -0.824. The van der Waals surface area contributed by atoms with Gasteiger partial charge in [-0.25, -0.2) is 9.37 Å². The number of nitrogens with one attached hydrogen (secondary N) is 1. The second kappa shape index (κ2) is 9.06. The normalized spacial score (nSPS) is 18.7. The number of amides is 1. The van der Waals surface area contributed by atoms with E-state index in [1.165, 1.54) is 10.9 Å². The molecular formula is C23H25FN3O4P. The highest BCUT2D eigenvalue weighted by Gasteiger charge is 2.27. The smallest absolute Gasteiger partial charge is 0.261 e. The van der Waals surface area contributed by atoms with Gasteiger partial charge in [0.05, 0.1) is 30.5 Å². The molecule has 168 valence electrons. The third kappa shape index (κ3) is 4.06. The average molecular weight is 457 g/mol. The van der Waals surface area contributed by atoms with E-state index in [1.54, 1.807) is 26.1 Å². The maximum absolute atomic E-state index is 15.2. The lowest BCUT2D eigenvalue weighted by Gasteiger charge is -2.29. The first-order valence-corrected chi connectivity index (χ1v) is 10.9. The molecule has 4 rings (SSSR count). The zero-order valence-electron chi connectivity index (χ0n) is 17.9. The van der Waals surface area contributed by atoms with Crippen molar-refractivity contribution in [2.75, 3.05) is 20.3 Å². The molecule has 2 aromatic carbocycles. The van der Waals surface area contributed by atoms with Crippen LogP contribution in [0.25, 0.3) is 10.9 Å². The number of hydrogen-bond acceptors (Lipinski definition) is 5. The van der Waals surface area contributed by atoms with Crippen LogP contribution in [0.15, 0.2) is 35.4 Å². The van der Waals surface area contributed by atoms with Crippen molar-refractivity contribution in [3.63, 3.8) is 0 Å². The molecule has 0 saturated carbocycles. The van der Waals surface area contributed by atoms with Crippen molar-refractivity contribution in [1.82, 2.24) is 14.9 Å². The molecule has 2 N–H and O–H groups in total. The molecule has 7 nitrogen and oxygen atoms in total. The Kier molecular flexibility index (Phi) is 6.38. The highest BCUT2D eigenvalue weighted by molar-refractivity contribution is 7.27. The molecule has 0 bridgehead atoms. The first kappa shape index (κ1) is 22.5. The predicted molar refractivity (Wildman–Crippen MR) is 123 cm³/mol. The lowest BCUT2D eigenvalue weighted by molar-refractivity contribution is -0.0395. The monoisotopic (exact) mass is 457 g/mol. The Morgan fingerprint density at radius 1 is 1.41 bits per heavy atom. The van der Waals surface area contributed by atoms with Gasteiger partial charge < -0.3 is 15.2 Å². The number of aliphatic hydroxyl groups excluding tert-OH is 1. The van der Waals surface area contributed by atoms with Crippen LogP contribution in [-0.2, 0) is 11.2 Å². The topological polar surface area (TPSA) is 93.5 Å². The fourth-order valence-corrected chi connectivity index (χ4v) is 4.57. The van der Waals surface area contributed by atoms with Crippen molar-refractivity contribution < 1.29 is 19.0 Å². The van der Waals surface area contributed by atoms with Crippen LogP contribution in [0.4, 0.5) is 4.39 Å². The molecular weight excluding hydrogens is 432 g/mol. The number of hydrogen-bond donors (Lipinski definition) is 2. The van der Waals surface area contributed by atoms with Gasteiger partial charge in [0.2, 0.25) is 0 Å². The van der Waals surface area contributed by atoms with Crippen LogP contribution in [0.2, 0.25) is 0 Å². The van der Waals surface area contributed by atoms with E-state index >= 15 is 4.39 Å². The summed E-state index contributed by atoms with van der Waals surface area (Å²) < 4.78 is 21.8. The van der Waals surface area contributed by atoms with Crippen LogP contribution < -0.4 is 16.2 Å². The summed E-state index contributed by atoms with van der Waals surface area (Å²) in [6.07, 6.45) is 1.35. The summed E-state index contributed by atoms with van der Waals surface area (Å²) in [4.78, 5) is 29.3. The van der Waals surface area contributed by atoms with E-state index < -0.39 is 18.0 Å². The van der Waals surface area contributed by atoms with Crippen LogP contribution in [0.3, 0.4) is 0 Å². The summed E-state index contributed by atoms with van der Waals surface area (Å²) >= 11 is 0. The highest BCUT2D eigenvalue weighted by atomic mass is 31.0. The number of carbonyl (C=O) groups is 1. The van der Waals surface area contributed by atoms with Gasteiger partial charge in [0.15, 0.2) is 5.82 Å². The maximum atomic E-state index is 15.2. The molecule has 1 aromatic heterocycles. The molecule has 3 atom stereocenters. The Balaban J connectivity index is 1.76. The summed E-state index contributed by atoms with van der Waals surface area (Å²) in [6.45, 7) is 2.25. The molecule has 1 saturated heterocycles. The number of ether oxygens (including phenoxy) is 1. The third-order valence-electron chi connectivity index (χ3n) is 6.00. The fourth-order valence-electron chi connectivity index (χ4n) is 4.13. The minimum Gasteiger partial charge on any atom is -0.389 e. The summed E-state index contributed by atoms with van der Waals surface area (Å²) in [7, 11) is 4.12. The van der Waals surface area contributed by atoms with Crippen LogP contribution in [0.5, 0.6) is 0 Å². The standard InChI is InChI=1S/C23H25FN3O4P/c1-12-14(7-13-3-4-15(19(32)8-13)22(29)25-2)9-16-21(20(12)24)26-11-27(23(16)30)17-5-6-31-10-18(17)28/h3-4,8-9,11,17-18,28H,5-7,10,32H2,1-2H3,(H,25,29)/t17-,18-/m0/s1. The molecule has 0 spiro atoms. The molecule has 0 radical (unpaired) electrons. The number of halogens is 1. The molecule has 1 fully saturated rings. The van der Waals surface area contributed by atoms with Crippen LogP contribution in [0.1, 0.15) is 39.5 Å². The first-order chi connectivity index (χ1) is 15.3. The number of benzene rings is 2. The number of nitrogens with zero attached hydrogens (tertiary/aromatic N) is 2. The van der Waals surface area contributed by atoms with Crippen molar-refractivity contribution in [2.24, 2.45) is 0 Å². The van der Waals surface area contributed by atoms with Crippen molar-refractivity contribution in [2.45, 2.75) is 31.9 Å². The maximum Gasteiger partial charge on any atom is 0.261 e. The van der Waals surface area contributed by atoms with Crippen molar-refractivity contribution >= 4 is 31.4 Å². The first-order valence-electron chi connectivity index (χ1n) is 10.4. The van der Waals surface area contributed by atoms with Gasteiger partial charge in [-0.05, 0) is 53.9 Å². The summed E-state index contributed by atoms with van der Waals surface area (Å²) in [5.41, 5.74) is 2.15. The van der Waals surface area contributed by atoms with Crippen molar-refractivity contribution in [3.05, 3.63) is 69.0 Å². The molecule has 0 aliphatic carbocycles. The van der Waals surface area contributed by atoms with E-state index in [0.717, 1.165) is 10.9 Å². The summed E-state index contributed by atoms with van der Waals surface area (Å²) in [5, 5.41) is 13.8. The SMILES string of the molecule is CNC(=O)c1ccc(Cc2cc3c(=O)n([C@H]4CCOC[C@@H]4O)cnc3c(F)c2C)cc1P. The number of aromatic nitrogens is 2. The largest absolute Gasteiger partial charge is 0.389 e. The van der Waals surface area contributed by atoms with Gasteiger partial charge in [0.25, 0.3) is 11.5 Å². The summed E-state index contributed by atoms with van der Waals surface area (Å²) in [5.74, 6) is -0.709. The Hall–Kier alpha value is -2.67. The van der Waals surface area contributed by atoms with Gasteiger partial charge in [-0.1, -0.05) is 12.1 Å². The number of aliphatic hydroxyl groups is 1. The van der Waals surface area contributed by atoms with Crippen molar-refractivity contribution in [1.29, 1.82) is 0 Å². The molecule has 2 heterocycles. The van der Waals surface area contributed by atoms with Gasteiger partial charge >= 0.3 is 0 Å². The second-order valence-electron chi connectivity index (χ2n) is 8.00. The number of rotatable bonds is 4. The third-order valence-corrected chi connectivity index (χ3v) is 6.48. The lowest BCUT2D eigenvalue weighted by Crippen LogP contribution is -2.39. The molecule has 1 aliphatic rings. The van der Waals surface area contributed by atoms with E-state index in [0.29, 0.717) is 36.1 Å². The van der Waals surface area contributed by atoms with Gasteiger partial charge in [0, 0.05) is 19.2 Å². The van der Waals surface area contributed by atoms with Crippen LogP contribution >= 0.6 is 9.24 Å². The highest BCUT2D eigenvalue weighted by Crippen LogP contribution is 2.25. The van der Waals surface area contributed by atoms with Gasteiger partial charge in [-0.3, -0.25) is 14.2 Å². The number of carbonyl (C=O) groups excluding carboxylic acids is 1. The van der Waals surface area contributed by atoms with Gasteiger partial charge in [0.1, 0.15) is 5.52 Å². The van der Waals surface area contributed by atoms with E-state index in [1.807, 2.05) is 12.1 Å². The summed E-state index contributed by atoms with van der Waals surface area (Å²) in [6, 6.07) is 6.62. The van der Waals surface area contributed by atoms with E-state index in [-0.39, 0.29) is 29.0 Å². The molecule has 1 unspecified atom stereocenters. The number of fused-ring (bicyclic) bond motifs is 1. The minimum absolute atomic E-state index is 0.0238. The Bertz CT molecular complexity index is 1260. The second-order valence-corrected chi connectivity index (χ2v) is 8.63. The zero-order chi connectivity index (χ0) is 23.0. The fraction of sp³-hybridized carbons (Fsp3) is 0.348. The Morgan fingerprint density at radius 3 is 2.88 bits per heavy atom. The molecule has 9 heteroatoms. The van der Waals surface area contributed by atoms with E-state index in [2.05, 4.69) is 19.5 Å². The van der Waals surface area contributed by atoms with Crippen molar-refractivity contribution in [3.8, 4) is 0 Å². The van der Waals surface area contributed by atoms with Gasteiger partial charge in [-0.2, -0.15) is 0 Å². The van der Waals surface area contributed by atoms with Crippen LogP contribution in [-0.4, -0.2) is 46.9 Å². The Labute approximate surface area is 186 Å². The average Bonchev–Trinajstić information content (AvgIpc) is 2.78. The lowest BCUT2D eigenvalue weighted by atomic mass is 9.97. The zero-order valence-corrected chi connectivity index (χ0v) is 19.0. The molecule has 32 heavy (non-hydrogen) atoms. The molecule has 3 aromatic rings. The molecule has 1 aliphatic heterocycles. The molecule has 1 amide bonds. The van der Waals surface area contributed by atoms with E-state index in [4.69, 9.17) is 4.74 Å².